The van der Waals surface area contributed by atoms with Crippen molar-refractivity contribution < 1.29 is 4.79 Å². The molecule has 1 amide bonds. The highest BCUT2D eigenvalue weighted by atomic mass is 79.9. The summed E-state index contributed by atoms with van der Waals surface area (Å²) in [6, 6.07) is 1.85. The number of H-pyrrole nitrogens is 1. The van der Waals surface area contributed by atoms with E-state index >= 15 is 0 Å². The molecule has 4 nitrogen and oxygen atoms in total. The maximum absolute atomic E-state index is 11.8. The Balaban J connectivity index is 2.18. The zero-order chi connectivity index (χ0) is 10.8. The van der Waals surface area contributed by atoms with Gasteiger partial charge in [-0.1, -0.05) is 0 Å². The quantitative estimate of drug-likeness (QED) is 0.891. The number of hydrogen-bond donors (Lipinski definition) is 2. The average molecular weight is 286 g/mol. The third-order valence-corrected chi connectivity index (χ3v) is 3.73. The third kappa shape index (κ3) is 2.10. The van der Waals surface area contributed by atoms with Gasteiger partial charge in [-0.05, 0) is 34.3 Å². The highest BCUT2D eigenvalue weighted by Crippen LogP contribution is 2.23. The molecular formula is C9H8BrN3OS. The summed E-state index contributed by atoms with van der Waals surface area (Å²) in [7, 11) is 0. The molecule has 0 aliphatic heterocycles. The van der Waals surface area contributed by atoms with Gasteiger partial charge in [0.05, 0.1) is 6.20 Å². The van der Waals surface area contributed by atoms with Gasteiger partial charge in [-0.2, -0.15) is 5.10 Å². The first-order valence-corrected chi connectivity index (χ1v) is 5.90. The second kappa shape index (κ2) is 4.16. The fourth-order valence-electron chi connectivity index (χ4n) is 1.10. The summed E-state index contributed by atoms with van der Waals surface area (Å²) >= 11 is 4.71. The van der Waals surface area contributed by atoms with Crippen molar-refractivity contribution >= 4 is 39.0 Å². The predicted molar refractivity (Wildman–Crippen MR) is 63.3 cm³/mol. The van der Waals surface area contributed by atoms with Crippen LogP contribution in [0.25, 0.3) is 0 Å². The molecule has 0 aliphatic rings. The van der Waals surface area contributed by atoms with E-state index in [1.54, 1.807) is 6.20 Å². The number of aromatic amines is 1. The lowest BCUT2D eigenvalue weighted by molar-refractivity contribution is 0.102. The van der Waals surface area contributed by atoms with E-state index in [2.05, 4.69) is 31.4 Å². The average Bonchev–Trinajstić information content (AvgIpc) is 2.76. The Morgan fingerprint density at radius 1 is 1.67 bits per heavy atom. The van der Waals surface area contributed by atoms with E-state index in [0.717, 1.165) is 10.0 Å². The molecule has 0 saturated heterocycles. The molecule has 6 heteroatoms. The van der Waals surface area contributed by atoms with Crippen LogP contribution in [0.3, 0.4) is 0 Å². The van der Waals surface area contributed by atoms with Crippen LogP contribution in [-0.4, -0.2) is 16.1 Å². The second-order valence-corrected chi connectivity index (χ2v) is 4.75. The first kappa shape index (κ1) is 10.4. The predicted octanol–water partition coefficient (Wildman–Crippen LogP) is 2.79. The Morgan fingerprint density at radius 3 is 3.00 bits per heavy atom. The molecule has 2 aromatic rings. The van der Waals surface area contributed by atoms with Gasteiger partial charge in [-0.3, -0.25) is 9.89 Å². The number of nitrogens with one attached hydrogen (secondary N) is 2. The van der Waals surface area contributed by atoms with Crippen LogP contribution in [0, 0.1) is 6.92 Å². The van der Waals surface area contributed by atoms with Crippen LogP contribution in [0.1, 0.15) is 15.2 Å². The van der Waals surface area contributed by atoms with Gasteiger partial charge in [0, 0.05) is 10.0 Å². The van der Waals surface area contributed by atoms with Crippen LogP contribution in [0.5, 0.6) is 0 Å². The molecular weight excluding hydrogens is 278 g/mol. The van der Waals surface area contributed by atoms with Crippen molar-refractivity contribution in [2.75, 3.05) is 5.32 Å². The Labute approximate surface area is 98.8 Å². The Hall–Kier alpha value is -1.14. The van der Waals surface area contributed by atoms with Gasteiger partial charge in [0.2, 0.25) is 0 Å². The van der Waals surface area contributed by atoms with Gasteiger partial charge in [0.15, 0.2) is 0 Å². The van der Waals surface area contributed by atoms with Crippen molar-refractivity contribution in [3.63, 3.8) is 0 Å². The number of halogens is 1. The smallest absolute Gasteiger partial charge is 0.268 e. The Kier molecular flexibility index (Phi) is 2.88. The number of anilines is 1. The summed E-state index contributed by atoms with van der Waals surface area (Å²) in [5.41, 5.74) is 0.913. The number of nitrogens with zero attached hydrogens (tertiary/aromatic N) is 1. The van der Waals surface area contributed by atoms with Crippen LogP contribution in [0.4, 0.5) is 5.82 Å². The lowest BCUT2D eigenvalue weighted by Crippen LogP contribution is -2.11. The summed E-state index contributed by atoms with van der Waals surface area (Å²) in [5.74, 6) is 0.504. The zero-order valence-corrected chi connectivity index (χ0v) is 10.3. The maximum atomic E-state index is 11.8. The molecule has 78 valence electrons. The molecule has 0 radical (unpaired) electrons. The molecule has 15 heavy (non-hydrogen) atoms. The monoisotopic (exact) mass is 285 g/mol. The third-order valence-electron chi connectivity index (χ3n) is 1.89. The number of carbonyl (C=O) groups excluding carboxylic acids is 1. The molecule has 0 aromatic carbocycles. The van der Waals surface area contributed by atoms with Crippen molar-refractivity contribution in [1.29, 1.82) is 0 Å². The standard InChI is InChI=1S/C9H8BrN3OS/c1-5-4-11-13-8(5)12-9(14)7-6(10)2-3-15-7/h2-4H,1H3,(H2,11,12,13,14). The molecule has 0 bridgehead atoms. The molecule has 2 rings (SSSR count). The zero-order valence-electron chi connectivity index (χ0n) is 7.87. The normalized spacial score (nSPS) is 10.3. The van der Waals surface area contributed by atoms with Crippen molar-refractivity contribution in [2.24, 2.45) is 0 Å². The van der Waals surface area contributed by atoms with Gasteiger partial charge >= 0.3 is 0 Å². The van der Waals surface area contributed by atoms with E-state index < -0.39 is 0 Å². The summed E-state index contributed by atoms with van der Waals surface area (Å²) < 4.78 is 0.808. The van der Waals surface area contributed by atoms with Gasteiger partial charge in [-0.15, -0.1) is 11.3 Å². The number of amides is 1. The molecule has 0 spiro atoms. The number of carbonyl (C=O) groups is 1. The number of hydrogen-bond acceptors (Lipinski definition) is 3. The van der Waals surface area contributed by atoms with E-state index in [1.165, 1.54) is 11.3 Å². The summed E-state index contributed by atoms with van der Waals surface area (Å²) in [6.07, 6.45) is 1.67. The lowest BCUT2D eigenvalue weighted by Gasteiger charge is -2.01. The van der Waals surface area contributed by atoms with E-state index in [9.17, 15) is 4.79 Å². The maximum Gasteiger partial charge on any atom is 0.268 e. The number of aryl methyl sites for hydroxylation is 1. The molecule has 0 fully saturated rings. The molecule has 2 N–H and O–H groups in total. The van der Waals surface area contributed by atoms with Crippen molar-refractivity contribution in [1.82, 2.24) is 10.2 Å². The fraction of sp³-hybridized carbons (Fsp3) is 0.111. The van der Waals surface area contributed by atoms with Gasteiger partial charge < -0.3 is 5.32 Å². The van der Waals surface area contributed by atoms with Gasteiger partial charge in [0.1, 0.15) is 10.7 Å². The molecule has 0 atom stereocenters. The SMILES string of the molecule is Cc1cn[nH]c1NC(=O)c1sccc1Br. The fourth-order valence-corrected chi connectivity index (χ4v) is 2.55. The number of aromatic nitrogens is 2. The van der Waals surface area contributed by atoms with Gasteiger partial charge in [-0.25, -0.2) is 0 Å². The summed E-state index contributed by atoms with van der Waals surface area (Å²) in [4.78, 5) is 12.4. The highest BCUT2D eigenvalue weighted by Gasteiger charge is 2.13. The topological polar surface area (TPSA) is 57.8 Å². The molecule has 2 heterocycles. The minimum atomic E-state index is -0.135. The van der Waals surface area contributed by atoms with E-state index in [1.807, 2.05) is 18.4 Å². The number of rotatable bonds is 2. The largest absolute Gasteiger partial charge is 0.306 e. The van der Waals surface area contributed by atoms with Crippen LogP contribution in [0.2, 0.25) is 0 Å². The first-order chi connectivity index (χ1) is 7.18. The number of thiophene rings is 1. The van der Waals surface area contributed by atoms with Crippen LogP contribution < -0.4 is 5.32 Å². The molecule has 0 unspecified atom stereocenters. The second-order valence-electron chi connectivity index (χ2n) is 2.98. The van der Waals surface area contributed by atoms with Crippen LogP contribution in [0.15, 0.2) is 22.1 Å². The van der Waals surface area contributed by atoms with Crippen molar-refractivity contribution in [2.45, 2.75) is 6.92 Å². The summed E-state index contributed by atoms with van der Waals surface area (Å²) in [5, 5.41) is 11.2. The minimum absolute atomic E-state index is 0.135. The Morgan fingerprint density at radius 2 is 2.47 bits per heavy atom. The highest BCUT2D eigenvalue weighted by molar-refractivity contribution is 9.10. The summed E-state index contributed by atoms with van der Waals surface area (Å²) in [6.45, 7) is 1.88. The van der Waals surface area contributed by atoms with E-state index in [4.69, 9.17) is 0 Å². The van der Waals surface area contributed by atoms with E-state index in [0.29, 0.717) is 10.7 Å². The van der Waals surface area contributed by atoms with Crippen molar-refractivity contribution in [3.05, 3.63) is 32.6 Å². The van der Waals surface area contributed by atoms with Crippen LogP contribution >= 0.6 is 27.3 Å². The molecule has 0 saturated carbocycles. The van der Waals surface area contributed by atoms with Crippen LogP contribution in [-0.2, 0) is 0 Å². The minimum Gasteiger partial charge on any atom is -0.306 e. The molecule has 2 aromatic heterocycles. The first-order valence-electron chi connectivity index (χ1n) is 4.23. The van der Waals surface area contributed by atoms with Gasteiger partial charge in [0.25, 0.3) is 5.91 Å². The molecule has 0 aliphatic carbocycles. The Bertz CT molecular complexity index is 491. The van der Waals surface area contributed by atoms with E-state index in [-0.39, 0.29) is 5.91 Å². The van der Waals surface area contributed by atoms with Crippen molar-refractivity contribution in [3.8, 4) is 0 Å². The lowest BCUT2D eigenvalue weighted by atomic mass is 10.3.